The van der Waals surface area contributed by atoms with Crippen molar-refractivity contribution in [3.05, 3.63) is 150 Å². The number of anilines is 1. The van der Waals surface area contributed by atoms with E-state index >= 15 is 0 Å². The lowest BCUT2D eigenvalue weighted by atomic mass is 10.1. The molecule has 0 spiro atoms. The van der Waals surface area contributed by atoms with Crippen molar-refractivity contribution in [3.63, 3.8) is 0 Å². The first-order chi connectivity index (χ1) is 24.9. The maximum Gasteiger partial charge on any atom is 0.490 e. The van der Waals surface area contributed by atoms with Crippen LogP contribution in [0.15, 0.2) is 127 Å². The van der Waals surface area contributed by atoms with Gasteiger partial charge in [-0.25, -0.2) is 9.18 Å². The van der Waals surface area contributed by atoms with Gasteiger partial charge in [0.2, 0.25) is 11.8 Å². The van der Waals surface area contributed by atoms with Crippen molar-refractivity contribution < 1.29 is 46.5 Å². The highest BCUT2D eigenvalue weighted by atomic mass is 19.4. The molecule has 5 rings (SSSR count). The van der Waals surface area contributed by atoms with Crippen molar-refractivity contribution in [1.29, 1.82) is 0 Å². The molecule has 0 aliphatic heterocycles. The van der Waals surface area contributed by atoms with Gasteiger partial charge in [-0.05, 0) is 65.7 Å². The summed E-state index contributed by atoms with van der Waals surface area (Å²) >= 11 is 0. The Bertz CT molecular complexity index is 1940. The standard InChI is InChI=1S/C37H34FN3O4.C2HF3O2/c38-33-14-5-4-10-29(33)25-40-36(42)21-22-37(43)41(26-27-17-19-31(20-18-27)44-30-11-2-1-3-12-30)34-15-6-7-16-35(34)45-32-13-8-9-28(23-32)24-39;3-2(4,5)1(6)7/h1-20,23H,21-22,24-26,39H2,(H,40,42);(H,6,7). The van der Waals surface area contributed by atoms with Gasteiger partial charge in [-0.2, -0.15) is 13.2 Å². The van der Waals surface area contributed by atoms with Gasteiger partial charge in [-0.3, -0.25) is 9.59 Å². The minimum atomic E-state index is -5.08. The number of carbonyl (C=O) groups excluding carboxylic acids is 2. The largest absolute Gasteiger partial charge is 0.490 e. The Hall–Kier alpha value is -6.21. The number of carbonyl (C=O) groups is 3. The molecule has 0 fully saturated rings. The first kappa shape index (κ1) is 38.6. The van der Waals surface area contributed by atoms with E-state index in [1.165, 1.54) is 6.07 Å². The Morgan fingerprint density at radius 1 is 0.712 bits per heavy atom. The molecule has 5 aromatic carbocycles. The fourth-order valence-electron chi connectivity index (χ4n) is 4.69. The third kappa shape index (κ3) is 12.0. The van der Waals surface area contributed by atoms with Gasteiger partial charge >= 0.3 is 12.1 Å². The minimum absolute atomic E-state index is 0.0410. The zero-order chi connectivity index (χ0) is 37.5. The Morgan fingerprint density at radius 3 is 2.00 bits per heavy atom. The van der Waals surface area contributed by atoms with E-state index in [9.17, 15) is 27.2 Å². The molecule has 270 valence electrons. The molecule has 0 saturated carbocycles. The molecule has 52 heavy (non-hydrogen) atoms. The molecule has 13 heteroatoms. The number of benzene rings is 5. The molecular weight excluding hydrogens is 682 g/mol. The molecule has 0 atom stereocenters. The van der Waals surface area contributed by atoms with Gasteiger partial charge in [0, 0.05) is 31.5 Å². The summed E-state index contributed by atoms with van der Waals surface area (Å²) < 4.78 is 57.9. The molecule has 0 radical (unpaired) electrons. The Labute approximate surface area is 297 Å². The van der Waals surface area contributed by atoms with Gasteiger partial charge in [0.25, 0.3) is 0 Å². The summed E-state index contributed by atoms with van der Waals surface area (Å²) in [5.41, 5.74) is 8.52. The maximum absolute atomic E-state index is 14.0. The van der Waals surface area contributed by atoms with Crippen LogP contribution in [-0.4, -0.2) is 29.1 Å². The number of hydrogen-bond donors (Lipinski definition) is 3. The van der Waals surface area contributed by atoms with Crippen molar-refractivity contribution in [2.75, 3.05) is 4.90 Å². The molecule has 4 N–H and O–H groups in total. The summed E-state index contributed by atoms with van der Waals surface area (Å²) in [5, 5.41) is 9.83. The predicted molar refractivity (Wildman–Crippen MR) is 186 cm³/mol. The number of nitrogens with two attached hydrogens (primary N) is 1. The second-order valence-electron chi connectivity index (χ2n) is 11.1. The lowest BCUT2D eigenvalue weighted by Crippen LogP contribution is -2.32. The summed E-state index contributed by atoms with van der Waals surface area (Å²) in [5.74, 6) is -1.32. The molecule has 9 nitrogen and oxygen atoms in total. The average molecular weight is 718 g/mol. The smallest absolute Gasteiger partial charge is 0.475 e. The number of carboxylic acid groups (broad SMARTS) is 1. The van der Waals surface area contributed by atoms with Crippen LogP contribution in [0.25, 0.3) is 0 Å². The van der Waals surface area contributed by atoms with E-state index in [4.69, 9.17) is 25.1 Å². The Morgan fingerprint density at radius 2 is 1.33 bits per heavy atom. The lowest BCUT2D eigenvalue weighted by molar-refractivity contribution is -0.192. The summed E-state index contributed by atoms with van der Waals surface area (Å²) in [6, 6.07) is 37.9. The highest BCUT2D eigenvalue weighted by molar-refractivity contribution is 5.96. The minimum Gasteiger partial charge on any atom is -0.475 e. The SMILES string of the molecule is NCc1cccc(Oc2ccccc2N(Cc2ccc(Oc3ccccc3)cc2)C(=O)CCC(=O)NCc2ccccc2F)c1.O=C(O)C(F)(F)F. The zero-order valence-electron chi connectivity index (χ0n) is 27.7. The zero-order valence-corrected chi connectivity index (χ0v) is 27.7. The number of rotatable bonds is 13. The van der Waals surface area contributed by atoms with E-state index in [2.05, 4.69) is 5.32 Å². The van der Waals surface area contributed by atoms with Gasteiger partial charge < -0.3 is 30.5 Å². The molecule has 5 aromatic rings. The van der Waals surface area contributed by atoms with Crippen LogP contribution in [0.5, 0.6) is 23.0 Å². The third-order valence-electron chi connectivity index (χ3n) is 7.30. The molecule has 0 aromatic heterocycles. The highest BCUT2D eigenvalue weighted by Crippen LogP contribution is 2.34. The lowest BCUT2D eigenvalue weighted by Gasteiger charge is -2.25. The first-order valence-corrected chi connectivity index (χ1v) is 15.9. The molecule has 0 unspecified atom stereocenters. The number of para-hydroxylation sites is 3. The maximum atomic E-state index is 14.0. The number of carboxylic acids is 1. The second-order valence-corrected chi connectivity index (χ2v) is 11.1. The number of nitrogens with one attached hydrogen (secondary N) is 1. The normalized spacial score (nSPS) is 10.7. The van der Waals surface area contributed by atoms with E-state index in [1.807, 2.05) is 97.1 Å². The molecule has 0 bridgehead atoms. The summed E-state index contributed by atoms with van der Waals surface area (Å²) in [7, 11) is 0. The number of aliphatic carboxylic acids is 1. The Balaban J connectivity index is 0.000000785. The van der Waals surface area contributed by atoms with Crippen LogP contribution in [0.2, 0.25) is 0 Å². The van der Waals surface area contributed by atoms with Crippen LogP contribution < -0.4 is 25.4 Å². The molecule has 0 aliphatic carbocycles. The second kappa shape index (κ2) is 18.7. The van der Waals surface area contributed by atoms with Crippen LogP contribution in [0.3, 0.4) is 0 Å². The number of ether oxygens (including phenoxy) is 2. The van der Waals surface area contributed by atoms with Gasteiger partial charge in [0.15, 0.2) is 5.75 Å². The predicted octanol–water partition coefficient (Wildman–Crippen LogP) is 8.13. The average Bonchev–Trinajstić information content (AvgIpc) is 3.14. The fourth-order valence-corrected chi connectivity index (χ4v) is 4.69. The van der Waals surface area contributed by atoms with Gasteiger partial charge in [0.1, 0.15) is 23.1 Å². The number of amides is 2. The van der Waals surface area contributed by atoms with Gasteiger partial charge in [-0.1, -0.05) is 72.8 Å². The van der Waals surface area contributed by atoms with E-state index in [-0.39, 0.29) is 37.7 Å². The summed E-state index contributed by atoms with van der Waals surface area (Å²) in [4.78, 5) is 36.9. The number of hydrogen-bond acceptors (Lipinski definition) is 6. The first-order valence-electron chi connectivity index (χ1n) is 15.9. The van der Waals surface area contributed by atoms with Crippen molar-refractivity contribution in [2.45, 2.75) is 38.7 Å². The fraction of sp³-hybridized carbons (Fsp3) is 0.154. The van der Waals surface area contributed by atoms with E-state index in [1.54, 1.807) is 29.2 Å². The number of nitrogens with zero attached hydrogens (tertiary/aromatic N) is 1. The van der Waals surface area contributed by atoms with Crippen molar-refractivity contribution >= 4 is 23.5 Å². The molecular formula is C39H35F4N3O6. The van der Waals surface area contributed by atoms with Crippen LogP contribution >= 0.6 is 0 Å². The van der Waals surface area contributed by atoms with Crippen LogP contribution in [0, 0.1) is 5.82 Å². The Kier molecular flexibility index (Phi) is 13.9. The third-order valence-corrected chi connectivity index (χ3v) is 7.30. The number of alkyl halides is 3. The monoisotopic (exact) mass is 717 g/mol. The van der Waals surface area contributed by atoms with Crippen molar-refractivity contribution in [1.82, 2.24) is 5.32 Å². The van der Waals surface area contributed by atoms with Gasteiger partial charge in [-0.15, -0.1) is 0 Å². The molecule has 0 saturated heterocycles. The highest BCUT2D eigenvalue weighted by Gasteiger charge is 2.38. The van der Waals surface area contributed by atoms with Crippen molar-refractivity contribution in [2.24, 2.45) is 5.73 Å². The van der Waals surface area contributed by atoms with Crippen LogP contribution in [0.4, 0.5) is 23.2 Å². The van der Waals surface area contributed by atoms with E-state index in [0.29, 0.717) is 35.0 Å². The van der Waals surface area contributed by atoms with Crippen LogP contribution in [0.1, 0.15) is 29.5 Å². The topological polar surface area (TPSA) is 131 Å². The molecule has 2 amide bonds. The van der Waals surface area contributed by atoms with Crippen molar-refractivity contribution in [3.8, 4) is 23.0 Å². The quantitative estimate of drug-likeness (QED) is 0.105. The summed E-state index contributed by atoms with van der Waals surface area (Å²) in [6.07, 6.45) is -5.20. The van der Waals surface area contributed by atoms with Gasteiger partial charge in [0.05, 0.1) is 12.2 Å². The number of halogens is 4. The molecule has 0 heterocycles. The van der Waals surface area contributed by atoms with Crippen LogP contribution in [-0.2, 0) is 34.0 Å². The van der Waals surface area contributed by atoms with E-state index in [0.717, 1.165) is 16.9 Å². The summed E-state index contributed by atoms with van der Waals surface area (Å²) in [6.45, 7) is 0.635. The van der Waals surface area contributed by atoms with E-state index < -0.39 is 18.0 Å². The molecule has 0 aliphatic rings.